The lowest BCUT2D eigenvalue weighted by atomic mass is 9.96. The van der Waals surface area contributed by atoms with Gasteiger partial charge in [-0.15, -0.1) is 0 Å². The Balaban J connectivity index is 2.01. The number of nitrogens with zero attached hydrogens (tertiary/aromatic N) is 1. The van der Waals surface area contributed by atoms with Crippen molar-refractivity contribution in [3.63, 3.8) is 0 Å². The van der Waals surface area contributed by atoms with E-state index in [0.29, 0.717) is 12.5 Å². The van der Waals surface area contributed by atoms with Gasteiger partial charge in [0.05, 0.1) is 0 Å². The lowest BCUT2D eigenvalue weighted by Crippen LogP contribution is -2.57. The van der Waals surface area contributed by atoms with Crippen LogP contribution in [-0.4, -0.2) is 48.1 Å². The molecule has 0 saturated carbocycles. The topological polar surface area (TPSA) is 46.6 Å². The number of Topliss-reactive ketones (excluding diaryl/α,β-unsaturated/α-hetero) is 1. The van der Waals surface area contributed by atoms with Crippen LogP contribution in [0, 0.1) is 0 Å². The molecule has 2 rings (SSSR count). The molecule has 0 spiro atoms. The zero-order chi connectivity index (χ0) is 18.6. The van der Waals surface area contributed by atoms with Crippen molar-refractivity contribution in [1.29, 1.82) is 0 Å². The summed E-state index contributed by atoms with van der Waals surface area (Å²) >= 11 is 0. The van der Waals surface area contributed by atoms with E-state index in [9.17, 15) is 14.0 Å². The van der Waals surface area contributed by atoms with Gasteiger partial charge in [0.25, 0.3) is 0 Å². The number of ether oxygens (including phenoxy) is 1. The molecule has 0 aliphatic carbocycles. The van der Waals surface area contributed by atoms with Gasteiger partial charge < -0.3 is 4.74 Å². The fourth-order valence-electron chi connectivity index (χ4n) is 3.21. The summed E-state index contributed by atoms with van der Waals surface area (Å²) in [6.45, 7) is 7.86. The normalized spacial score (nSPS) is 20.6. The molecule has 1 unspecified atom stereocenters. The predicted molar refractivity (Wildman–Crippen MR) is 95.4 cm³/mol. The lowest BCUT2D eigenvalue weighted by Gasteiger charge is -2.41. The molecule has 5 heteroatoms. The van der Waals surface area contributed by atoms with Crippen molar-refractivity contribution in [3.05, 3.63) is 35.4 Å². The highest BCUT2D eigenvalue weighted by molar-refractivity contribution is 5.88. The van der Waals surface area contributed by atoms with Crippen molar-refractivity contribution < 1.29 is 18.7 Å². The highest BCUT2D eigenvalue weighted by Crippen LogP contribution is 2.24. The Morgan fingerprint density at radius 3 is 2.52 bits per heavy atom. The zero-order valence-electron chi connectivity index (χ0n) is 15.5. The minimum atomic E-state index is -0.689. The molecule has 1 saturated heterocycles. The smallest absolute Gasteiger partial charge is 0.324 e. The van der Waals surface area contributed by atoms with Gasteiger partial charge in [-0.2, -0.15) is 0 Å². The first kappa shape index (κ1) is 19.6. The molecule has 1 heterocycles. The number of alkyl halides is 1. The molecule has 1 aromatic carbocycles. The minimum absolute atomic E-state index is 0.0391. The van der Waals surface area contributed by atoms with Crippen molar-refractivity contribution >= 4 is 11.8 Å². The van der Waals surface area contributed by atoms with Crippen LogP contribution in [0.4, 0.5) is 4.39 Å². The SMILES string of the molecule is CC(C)c1ccc(CC(=O)CC2C(=O)OC(C)(C)CN2CCF)cc1. The number of hydrogen-bond acceptors (Lipinski definition) is 4. The largest absolute Gasteiger partial charge is 0.457 e. The van der Waals surface area contributed by atoms with E-state index >= 15 is 0 Å². The third-order valence-corrected chi connectivity index (χ3v) is 4.51. The Morgan fingerprint density at radius 1 is 1.32 bits per heavy atom. The van der Waals surface area contributed by atoms with Crippen molar-refractivity contribution in [2.24, 2.45) is 0 Å². The Labute approximate surface area is 149 Å². The van der Waals surface area contributed by atoms with E-state index in [-0.39, 0.29) is 25.2 Å². The summed E-state index contributed by atoms with van der Waals surface area (Å²) in [6, 6.07) is 7.27. The van der Waals surface area contributed by atoms with Crippen molar-refractivity contribution in [1.82, 2.24) is 4.90 Å². The maximum atomic E-state index is 12.8. The van der Waals surface area contributed by atoms with Crippen LogP contribution >= 0.6 is 0 Å². The summed E-state index contributed by atoms with van der Waals surface area (Å²) in [4.78, 5) is 26.4. The van der Waals surface area contributed by atoms with Gasteiger partial charge >= 0.3 is 5.97 Å². The summed E-state index contributed by atoms with van der Waals surface area (Å²) in [5.41, 5.74) is 1.50. The number of halogens is 1. The first-order chi connectivity index (χ1) is 11.7. The van der Waals surface area contributed by atoms with Crippen LogP contribution in [0.1, 0.15) is 51.2 Å². The molecule has 138 valence electrons. The second-order valence-electron chi connectivity index (χ2n) is 7.67. The van der Waals surface area contributed by atoms with Gasteiger partial charge in [0.2, 0.25) is 0 Å². The summed E-state index contributed by atoms with van der Waals surface area (Å²) in [7, 11) is 0. The number of carbonyl (C=O) groups excluding carboxylic acids is 2. The average Bonchev–Trinajstić information content (AvgIpc) is 2.51. The summed E-state index contributed by atoms with van der Waals surface area (Å²) in [5, 5.41) is 0. The fraction of sp³-hybridized carbons (Fsp3) is 0.600. The van der Waals surface area contributed by atoms with Crippen molar-refractivity contribution in [3.8, 4) is 0 Å². The molecular weight excluding hydrogens is 321 g/mol. The molecule has 0 aromatic heterocycles. The maximum Gasteiger partial charge on any atom is 0.324 e. The monoisotopic (exact) mass is 349 g/mol. The van der Waals surface area contributed by atoms with Crippen LogP contribution in [0.5, 0.6) is 0 Å². The van der Waals surface area contributed by atoms with E-state index < -0.39 is 24.3 Å². The van der Waals surface area contributed by atoms with Gasteiger partial charge in [0, 0.05) is 25.9 Å². The number of hydrogen-bond donors (Lipinski definition) is 0. The number of morpholine rings is 1. The Bertz CT molecular complexity index is 610. The molecule has 1 aliphatic heterocycles. The number of esters is 1. The third-order valence-electron chi connectivity index (χ3n) is 4.51. The molecule has 0 amide bonds. The molecular formula is C20H28FNO3. The fourth-order valence-corrected chi connectivity index (χ4v) is 3.21. The van der Waals surface area contributed by atoms with Crippen molar-refractivity contribution in [2.45, 2.75) is 58.1 Å². The van der Waals surface area contributed by atoms with Gasteiger partial charge in [-0.05, 0) is 30.9 Å². The molecule has 0 bridgehead atoms. The number of rotatable bonds is 7. The Kier molecular flexibility index (Phi) is 6.33. The number of benzene rings is 1. The molecule has 0 radical (unpaired) electrons. The van der Waals surface area contributed by atoms with Gasteiger partial charge in [-0.1, -0.05) is 38.1 Å². The van der Waals surface area contributed by atoms with Gasteiger partial charge in [0.1, 0.15) is 24.1 Å². The second kappa shape index (κ2) is 8.09. The highest BCUT2D eigenvalue weighted by atomic mass is 19.1. The average molecular weight is 349 g/mol. The molecule has 1 fully saturated rings. The Hall–Kier alpha value is -1.75. The van der Waals surface area contributed by atoms with E-state index in [4.69, 9.17) is 4.74 Å². The second-order valence-corrected chi connectivity index (χ2v) is 7.67. The van der Waals surface area contributed by atoms with Crippen LogP contribution in [0.15, 0.2) is 24.3 Å². The van der Waals surface area contributed by atoms with E-state index in [1.165, 1.54) is 5.56 Å². The lowest BCUT2D eigenvalue weighted by molar-refractivity contribution is -0.179. The zero-order valence-corrected chi connectivity index (χ0v) is 15.5. The van der Waals surface area contributed by atoms with Gasteiger partial charge in [-0.25, -0.2) is 4.39 Å². The summed E-state index contributed by atoms with van der Waals surface area (Å²) in [5.74, 6) is -0.0320. The van der Waals surface area contributed by atoms with Gasteiger partial charge in [-0.3, -0.25) is 14.5 Å². The predicted octanol–water partition coefficient (Wildman–Crippen LogP) is 3.29. The molecule has 0 N–H and O–H groups in total. The molecule has 4 nitrogen and oxygen atoms in total. The van der Waals surface area contributed by atoms with Crippen LogP contribution in [0.2, 0.25) is 0 Å². The van der Waals surface area contributed by atoms with Gasteiger partial charge in [0.15, 0.2) is 0 Å². The standard InChI is InChI=1S/C20H28FNO3/c1-14(2)16-7-5-15(6-8-16)11-17(23)12-18-19(24)25-20(3,4)13-22(18)10-9-21/h5-8,14,18H,9-13H2,1-4H3. The van der Waals surface area contributed by atoms with Crippen molar-refractivity contribution in [2.75, 3.05) is 19.8 Å². The first-order valence-corrected chi connectivity index (χ1v) is 8.85. The van der Waals surface area contributed by atoms with Crippen LogP contribution < -0.4 is 0 Å². The number of carbonyl (C=O) groups is 2. The summed E-state index contributed by atoms with van der Waals surface area (Å²) < 4.78 is 18.2. The first-order valence-electron chi connectivity index (χ1n) is 8.85. The molecule has 1 aromatic rings. The minimum Gasteiger partial charge on any atom is -0.457 e. The number of ketones is 1. The maximum absolute atomic E-state index is 12.8. The van der Waals surface area contributed by atoms with E-state index in [1.54, 1.807) is 18.7 Å². The quantitative estimate of drug-likeness (QED) is 0.709. The van der Waals surface area contributed by atoms with E-state index in [0.717, 1.165) is 5.56 Å². The molecule has 1 aliphatic rings. The Morgan fingerprint density at radius 2 is 1.96 bits per heavy atom. The molecule has 25 heavy (non-hydrogen) atoms. The molecule has 1 atom stereocenters. The van der Waals surface area contributed by atoms with Crippen LogP contribution in [0.3, 0.4) is 0 Å². The van der Waals surface area contributed by atoms with E-state index in [1.807, 2.05) is 24.3 Å². The third kappa shape index (κ3) is 5.36. The van der Waals surface area contributed by atoms with E-state index in [2.05, 4.69) is 13.8 Å². The summed E-state index contributed by atoms with van der Waals surface area (Å²) in [6.07, 6.45) is 0.329. The van der Waals surface area contributed by atoms with Crippen LogP contribution in [0.25, 0.3) is 0 Å². The van der Waals surface area contributed by atoms with Crippen LogP contribution in [-0.2, 0) is 20.7 Å². The highest BCUT2D eigenvalue weighted by Gasteiger charge is 2.41. The number of cyclic esters (lactones) is 1.